The summed E-state index contributed by atoms with van der Waals surface area (Å²) in [6, 6.07) is 5.34. The Morgan fingerprint density at radius 2 is 2.25 bits per heavy atom. The third-order valence-corrected chi connectivity index (χ3v) is 4.60. The maximum absolute atomic E-state index is 12.5. The van der Waals surface area contributed by atoms with Crippen molar-refractivity contribution in [3.05, 3.63) is 34.3 Å². The summed E-state index contributed by atoms with van der Waals surface area (Å²) in [6.07, 6.45) is -0.676. The van der Waals surface area contributed by atoms with Gasteiger partial charge >= 0.3 is 0 Å². The number of fused-ring (bicyclic) bond motifs is 2. The number of hydrogen-bond donors (Lipinski definition) is 3. The van der Waals surface area contributed by atoms with Crippen LogP contribution in [0, 0.1) is 0 Å². The first-order valence-corrected chi connectivity index (χ1v) is 8.36. The quantitative estimate of drug-likeness (QED) is 0.678. The summed E-state index contributed by atoms with van der Waals surface area (Å²) in [5.74, 6) is 1.36. The minimum absolute atomic E-state index is 0.249. The SMILES string of the molecule is CC(O)c1nc2ccc(NC(=O)c3scc4c3OCCO4)cc2[nH]1. The summed E-state index contributed by atoms with van der Waals surface area (Å²) < 4.78 is 11.0. The number of aliphatic hydroxyl groups excluding tert-OH is 1. The lowest BCUT2D eigenvalue weighted by Crippen LogP contribution is -2.17. The van der Waals surface area contributed by atoms with Gasteiger partial charge in [0, 0.05) is 11.1 Å². The lowest BCUT2D eigenvalue weighted by molar-refractivity contribution is 0.102. The second-order valence-electron chi connectivity index (χ2n) is 5.44. The first-order chi connectivity index (χ1) is 11.6. The fraction of sp³-hybridized carbons (Fsp3) is 0.250. The highest BCUT2D eigenvalue weighted by atomic mass is 32.1. The Kier molecular flexibility index (Phi) is 3.62. The van der Waals surface area contributed by atoms with Crippen LogP contribution in [0.4, 0.5) is 5.69 Å². The van der Waals surface area contributed by atoms with Crippen LogP contribution in [0.25, 0.3) is 11.0 Å². The van der Waals surface area contributed by atoms with Crippen molar-refractivity contribution >= 4 is 34.0 Å². The molecule has 0 spiro atoms. The molecule has 3 aromatic rings. The van der Waals surface area contributed by atoms with Gasteiger partial charge in [0.15, 0.2) is 11.5 Å². The summed E-state index contributed by atoms with van der Waals surface area (Å²) in [5, 5.41) is 14.2. The molecule has 0 radical (unpaired) electrons. The number of aromatic nitrogens is 2. The number of imidazole rings is 1. The second kappa shape index (κ2) is 5.81. The average molecular weight is 345 g/mol. The maximum atomic E-state index is 12.5. The van der Waals surface area contributed by atoms with E-state index in [1.54, 1.807) is 30.5 Å². The highest BCUT2D eigenvalue weighted by Crippen LogP contribution is 2.39. The van der Waals surface area contributed by atoms with Crippen molar-refractivity contribution in [3.8, 4) is 11.5 Å². The smallest absolute Gasteiger partial charge is 0.269 e. The van der Waals surface area contributed by atoms with Gasteiger partial charge in [-0.1, -0.05) is 0 Å². The lowest BCUT2D eigenvalue weighted by Gasteiger charge is -2.15. The van der Waals surface area contributed by atoms with E-state index in [2.05, 4.69) is 15.3 Å². The van der Waals surface area contributed by atoms with Gasteiger partial charge in [-0.3, -0.25) is 4.79 Å². The molecule has 1 aliphatic rings. The molecule has 0 bridgehead atoms. The topological polar surface area (TPSA) is 96.5 Å². The number of aromatic amines is 1. The molecule has 0 fully saturated rings. The number of nitrogens with zero attached hydrogens (tertiary/aromatic N) is 1. The molecule has 1 unspecified atom stereocenters. The summed E-state index contributed by atoms with van der Waals surface area (Å²) in [4.78, 5) is 20.3. The Bertz CT molecular complexity index is 915. The molecule has 4 rings (SSSR count). The number of amides is 1. The van der Waals surface area contributed by atoms with Crippen LogP contribution < -0.4 is 14.8 Å². The van der Waals surface area contributed by atoms with Crippen molar-refractivity contribution in [2.24, 2.45) is 0 Å². The van der Waals surface area contributed by atoms with Gasteiger partial charge in [-0.15, -0.1) is 11.3 Å². The minimum Gasteiger partial charge on any atom is -0.485 e. The number of carbonyl (C=O) groups excluding carboxylic acids is 1. The molecular formula is C16H15N3O4S. The Labute approximate surface area is 141 Å². The Morgan fingerprint density at radius 3 is 3.08 bits per heavy atom. The monoisotopic (exact) mass is 345 g/mol. The van der Waals surface area contributed by atoms with Gasteiger partial charge < -0.3 is 24.9 Å². The van der Waals surface area contributed by atoms with E-state index in [1.807, 2.05) is 0 Å². The van der Waals surface area contributed by atoms with Crippen molar-refractivity contribution in [1.82, 2.24) is 9.97 Å². The zero-order valence-electron chi connectivity index (χ0n) is 12.8. The lowest BCUT2D eigenvalue weighted by atomic mass is 10.2. The van der Waals surface area contributed by atoms with Gasteiger partial charge in [0.2, 0.25) is 0 Å². The molecule has 3 N–H and O–H groups in total. The molecule has 1 aromatic carbocycles. The number of anilines is 1. The van der Waals surface area contributed by atoms with E-state index in [9.17, 15) is 9.90 Å². The third-order valence-electron chi connectivity index (χ3n) is 3.66. The number of thiophene rings is 1. The zero-order chi connectivity index (χ0) is 16.7. The molecule has 8 heteroatoms. The van der Waals surface area contributed by atoms with Crippen LogP contribution in [0.1, 0.15) is 28.5 Å². The highest BCUT2D eigenvalue weighted by molar-refractivity contribution is 7.13. The van der Waals surface area contributed by atoms with Crippen LogP contribution >= 0.6 is 11.3 Å². The van der Waals surface area contributed by atoms with Crippen molar-refractivity contribution in [2.45, 2.75) is 13.0 Å². The molecule has 1 amide bonds. The van der Waals surface area contributed by atoms with E-state index in [-0.39, 0.29) is 5.91 Å². The molecule has 1 atom stereocenters. The van der Waals surface area contributed by atoms with Gasteiger partial charge in [0.05, 0.1) is 11.0 Å². The number of rotatable bonds is 3. The Balaban J connectivity index is 1.59. The van der Waals surface area contributed by atoms with E-state index in [0.29, 0.717) is 41.1 Å². The van der Waals surface area contributed by atoms with Gasteiger partial charge in [0.1, 0.15) is 30.0 Å². The first-order valence-electron chi connectivity index (χ1n) is 7.48. The van der Waals surface area contributed by atoms with Crippen molar-refractivity contribution in [1.29, 1.82) is 0 Å². The van der Waals surface area contributed by atoms with Crippen LogP contribution in [0.5, 0.6) is 11.5 Å². The number of ether oxygens (including phenoxy) is 2. The second-order valence-corrected chi connectivity index (χ2v) is 6.32. The van der Waals surface area contributed by atoms with Crippen LogP contribution in [0.2, 0.25) is 0 Å². The molecule has 1 aliphatic heterocycles. The Hall–Kier alpha value is -2.58. The van der Waals surface area contributed by atoms with E-state index >= 15 is 0 Å². The van der Waals surface area contributed by atoms with Crippen LogP contribution in [-0.4, -0.2) is 34.2 Å². The summed E-state index contributed by atoms with van der Waals surface area (Å²) in [6.45, 7) is 2.57. The molecule has 2 aromatic heterocycles. The molecule has 7 nitrogen and oxygen atoms in total. The molecule has 0 aliphatic carbocycles. The number of carbonyl (C=O) groups is 1. The third kappa shape index (κ3) is 2.59. The summed E-state index contributed by atoms with van der Waals surface area (Å²) in [5.41, 5.74) is 2.11. The van der Waals surface area contributed by atoms with Gasteiger partial charge in [0.25, 0.3) is 5.91 Å². The van der Waals surface area contributed by atoms with Gasteiger partial charge in [-0.05, 0) is 25.1 Å². The molecule has 24 heavy (non-hydrogen) atoms. The molecule has 3 heterocycles. The number of H-pyrrole nitrogens is 1. The van der Waals surface area contributed by atoms with Crippen LogP contribution in [-0.2, 0) is 0 Å². The van der Waals surface area contributed by atoms with E-state index < -0.39 is 6.10 Å². The average Bonchev–Trinajstić information content (AvgIpc) is 3.18. The molecule has 124 valence electrons. The van der Waals surface area contributed by atoms with Crippen molar-refractivity contribution in [3.63, 3.8) is 0 Å². The number of benzene rings is 1. The largest absolute Gasteiger partial charge is 0.485 e. The first kappa shape index (κ1) is 15.0. The summed E-state index contributed by atoms with van der Waals surface area (Å²) >= 11 is 1.29. The van der Waals surface area contributed by atoms with Crippen molar-refractivity contribution < 1.29 is 19.4 Å². The molecular weight excluding hydrogens is 330 g/mol. The van der Waals surface area contributed by atoms with Gasteiger partial charge in [-0.2, -0.15) is 0 Å². The number of aliphatic hydroxyl groups is 1. The van der Waals surface area contributed by atoms with Gasteiger partial charge in [-0.25, -0.2) is 4.98 Å². The molecule has 0 saturated carbocycles. The predicted molar refractivity (Wildman–Crippen MR) is 90.0 cm³/mol. The van der Waals surface area contributed by atoms with Crippen molar-refractivity contribution in [2.75, 3.05) is 18.5 Å². The fourth-order valence-electron chi connectivity index (χ4n) is 2.51. The minimum atomic E-state index is -0.676. The predicted octanol–water partition coefficient (Wildman–Crippen LogP) is 2.70. The number of hydrogen-bond acceptors (Lipinski definition) is 6. The number of nitrogens with one attached hydrogen (secondary N) is 2. The van der Waals surface area contributed by atoms with E-state index in [1.165, 1.54) is 11.3 Å². The molecule has 0 saturated heterocycles. The standard InChI is InChI=1S/C16H15N3O4S/c1-8(20)15-18-10-3-2-9(6-11(10)19-15)17-16(21)14-13-12(7-24-14)22-4-5-23-13/h2-3,6-8,20H,4-5H2,1H3,(H,17,21)(H,18,19). The van der Waals surface area contributed by atoms with Crippen LogP contribution in [0.15, 0.2) is 23.6 Å². The fourth-order valence-corrected chi connectivity index (χ4v) is 3.34. The highest BCUT2D eigenvalue weighted by Gasteiger charge is 2.23. The van der Waals surface area contributed by atoms with Crippen LogP contribution in [0.3, 0.4) is 0 Å². The van der Waals surface area contributed by atoms with E-state index in [4.69, 9.17) is 9.47 Å². The normalized spacial score (nSPS) is 14.6. The zero-order valence-corrected chi connectivity index (χ0v) is 13.6. The summed E-state index contributed by atoms with van der Waals surface area (Å²) in [7, 11) is 0. The maximum Gasteiger partial charge on any atom is 0.269 e. The Morgan fingerprint density at radius 1 is 1.42 bits per heavy atom. The van der Waals surface area contributed by atoms with E-state index in [0.717, 1.165) is 11.0 Å².